The average Bonchev–Trinajstić information content (AvgIpc) is 3.31. The molecule has 1 aromatic carbocycles. The Kier molecular flexibility index (Phi) is 8.08. The number of hydrogen-bond acceptors (Lipinski definition) is 6. The van der Waals surface area contributed by atoms with Gasteiger partial charge in [-0.2, -0.15) is 5.10 Å². The first kappa shape index (κ1) is 25.3. The molecule has 2 heterocycles. The third kappa shape index (κ3) is 6.17. The van der Waals surface area contributed by atoms with Gasteiger partial charge in [0.15, 0.2) is 0 Å². The van der Waals surface area contributed by atoms with Crippen LogP contribution in [0, 0.1) is 18.2 Å². The molecule has 35 heavy (non-hydrogen) atoms. The molecule has 0 aliphatic carbocycles. The molecule has 182 valence electrons. The van der Waals surface area contributed by atoms with Crippen LogP contribution in [0.1, 0.15) is 17.0 Å². The summed E-state index contributed by atoms with van der Waals surface area (Å²) in [5.41, 5.74) is 9.66. The maximum Gasteiger partial charge on any atom is 0.244 e. The lowest BCUT2D eigenvalue weighted by molar-refractivity contribution is -0.131. The Morgan fingerprint density at radius 3 is 2.69 bits per heavy atom. The van der Waals surface area contributed by atoms with Gasteiger partial charge in [-0.3, -0.25) is 19.3 Å². The quantitative estimate of drug-likeness (QED) is 0.343. The molecule has 0 fully saturated rings. The first-order valence-corrected chi connectivity index (χ1v) is 10.9. The highest BCUT2D eigenvalue weighted by Crippen LogP contribution is 2.28. The predicted octanol–water partition coefficient (Wildman–Crippen LogP) is 2.42. The Morgan fingerprint density at radius 1 is 1.23 bits per heavy atom. The summed E-state index contributed by atoms with van der Waals surface area (Å²) in [6.07, 6.45) is 4.89. The number of benzene rings is 1. The van der Waals surface area contributed by atoms with Crippen LogP contribution in [0.15, 0.2) is 48.8 Å². The second-order valence-corrected chi connectivity index (χ2v) is 8.16. The van der Waals surface area contributed by atoms with Crippen LogP contribution in [0.2, 0.25) is 0 Å². The highest BCUT2D eigenvalue weighted by atomic mass is 19.1. The van der Waals surface area contributed by atoms with Crippen molar-refractivity contribution in [2.24, 2.45) is 5.73 Å². The molecule has 0 saturated heterocycles. The lowest BCUT2D eigenvalue weighted by Crippen LogP contribution is -2.36. The number of rotatable bonds is 10. The molecule has 2 aromatic heterocycles. The first-order chi connectivity index (χ1) is 16.7. The van der Waals surface area contributed by atoms with E-state index in [0.29, 0.717) is 47.6 Å². The molecular formula is C25H28FN7O2. The maximum absolute atomic E-state index is 14.7. The molecule has 0 aliphatic heterocycles. The number of nitrogens with zero attached hydrogens (tertiary/aromatic N) is 5. The zero-order valence-electron chi connectivity index (χ0n) is 19.9. The molecule has 0 saturated carbocycles. The SMILES string of the molecule is Cc1cccc(/C(N)=C(/C=N)c2ccc(F)c(-c3cnn(CC(=O)N(C)CCN(C)C=O)c3)c2)n1. The smallest absolute Gasteiger partial charge is 0.244 e. The van der Waals surface area contributed by atoms with Crippen LogP contribution in [0.4, 0.5) is 4.39 Å². The predicted molar refractivity (Wildman–Crippen MR) is 133 cm³/mol. The molecule has 0 unspecified atom stereocenters. The molecule has 0 bridgehead atoms. The van der Waals surface area contributed by atoms with Crippen molar-refractivity contribution >= 4 is 29.8 Å². The van der Waals surface area contributed by atoms with Crippen molar-refractivity contribution in [3.8, 4) is 11.1 Å². The summed E-state index contributed by atoms with van der Waals surface area (Å²) >= 11 is 0. The van der Waals surface area contributed by atoms with Gasteiger partial charge in [0.2, 0.25) is 12.3 Å². The molecule has 0 atom stereocenters. The summed E-state index contributed by atoms with van der Waals surface area (Å²) in [6.45, 7) is 2.62. The second-order valence-electron chi connectivity index (χ2n) is 8.16. The third-order valence-electron chi connectivity index (χ3n) is 5.51. The number of hydrogen-bond donors (Lipinski definition) is 2. The van der Waals surface area contributed by atoms with Crippen LogP contribution < -0.4 is 5.73 Å². The van der Waals surface area contributed by atoms with Gasteiger partial charge in [-0.15, -0.1) is 0 Å². The first-order valence-electron chi connectivity index (χ1n) is 10.9. The number of pyridine rings is 1. The van der Waals surface area contributed by atoms with Crippen LogP contribution in [0.5, 0.6) is 0 Å². The van der Waals surface area contributed by atoms with Crippen molar-refractivity contribution in [3.63, 3.8) is 0 Å². The molecule has 9 nitrogen and oxygen atoms in total. The summed E-state index contributed by atoms with van der Waals surface area (Å²) in [6, 6.07) is 9.90. The number of nitrogens with two attached hydrogens (primary N) is 1. The van der Waals surface area contributed by atoms with Crippen molar-refractivity contribution < 1.29 is 14.0 Å². The molecule has 0 aliphatic rings. The van der Waals surface area contributed by atoms with E-state index in [4.69, 9.17) is 11.1 Å². The van der Waals surface area contributed by atoms with E-state index >= 15 is 0 Å². The van der Waals surface area contributed by atoms with Crippen LogP contribution in [-0.2, 0) is 16.1 Å². The molecular weight excluding hydrogens is 449 g/mol. The maximum atomic E-state index is 14.7. The summed E-state index contributed by atoms with van der Waals surface area (Å²) in [5, 5.41) is 12.1. The summed E-state index contributed by atoms with van der Waals surface area (Å²) < 4.78 is 16.2. The summed E-state index contributed by atoms with van der Waals surface area (Å²) in [4.78, 5) is 30.5. The van der Waals surface area contributed by atoms with E-state index in [1.54, 1.807) is 38.5 Å². The van der Waals surface area contributed by atoms with Gasteiger partial charge in [0.05, 0.1) is 17.6 Å². The average molecular weight is 478 g/mol. The largest absolute Gasteiger partial charge is 0.396 e. The molecule has 3 aromatic rings. The molecule has 3 rings (SSSR count). The van der Waals surface area contributed by atoms with E-state index in [1.165, 1.54) is 26.7 Å². The number of carbonyl (C=O) groups excluding carboxylic acids is 2. The third-order valence-corrected chi connectivity index (χ3v) is 5.51. The van der Waals surface area contributed by atoms with Gasteiger partial charge in [-0.05, 0) is 36.8 Å². The Bertz CT molecular complexity index is 1270. The summed E-state index contributed by atoms with van der Waals surface area (Å²) in [7, 11) is 3.28. The van der Waals surface area contributed by atoms with E-state index in [9.17, 15) is 14.0 Å². The fourth-order valence-electron chi connectivity index (χ4n) is 3.40. The zero-order valence-corrected chi connectivity index (χ0v) is 19.9. The Morgan fingerprint density at radius 2 is 2.00 bits per heavy atom. The Balaban J connectivity index is 1.84. The van der Waals surface area contributed by atoms with E-state index in [1.807, 2.05) is 19.1 Å². The highest BCUT2D eigenvalue weighted by molar-refractivity contribution is 6.17. The number of carbonyl (C=O) groups is 2. The van der Waals surface area contributed by atoms with Crippen molar-refractivity contribution in [2.45, 2.75) is 13.5 Å². The number of aryl methyl sites for hydroxylation is 1. The summed E-state index contributed by atoms with van der Waals surface area (Å²) in [5.74, 6) is -0.661. The van der Waals surface area contributed by atoms with Gasteiger partial charge in [0.1, 0.15) is 12.4 Å². The van der Waals surface area contributed by atoms with Gasteiger partial charge in [0, 0.05) is 62.0 Å². The Labute approximate surface area is 203 Å². The minimum absolute atomic E-state index is 0.0275. The zero-order chi connectivity index (χ0) is 25.5. The van der Waals surface area contributed by atoms with Crippen molar-refractivity contribution in [2.75, 3.05) is 27.2 Å². The molecule has 10 heteroatoms. The fraction of sp³-hybridized carbons (Fsp3) is 0.240. The number of likely N-dealkylation sites (N-methyl/N-ethyl adjacent to an activating group) is 2. The Hall–Kier alpha value is -4.34. The standard InChI is InChI=1S/C25H28FN7O2/c1-17-5-4-6-23(30-17)25(28)21(12-27)18-7-8-22(26)20(11-18)19-13-29-33(14-19)15-24(35)32(3)10-9-31(2)16-34/h4-8,11-14,16,27H,9-10,15,28H2,1-3H3/b25-21+,27-12?. The van der Waals surface area contributed by atoms with Crippen LogP contribution in [0.3, 0.4) is 0 Å². The number of halogens is 1. The number of amides is 2. The molecule has 2 amide bonds. The topological polar surface area (TPSA) is 121 Å². The molecule has 0 spiro atoms. The molecule has 3 N–H and O–H groups in total. The van der Waals surface area contributed by atoms with Crippen molar-refractivity contribution in [1.82, 2.24) is 24.6 Å². The van der Waals surface area contributed by atoms with E-state index in [0.717, 1.165) is 11.9 Å². The molecule has 0 radical (unpaired) electrons. The normalized spacial score (nSPS) is 11.5. The number of nitrogens with one attached hydrogen (secondary N) is 1. The van der Waals surface area contributed by atoms with E-state index in [2.05, 4.69) is 10.1 Å². The monoisotopic (exact) mass is 477 g/mol. The highest BCUT2D eigenvalue weighted by Gasteiger charge is 2.15. The minimum Gasteiger partial charge on any atom is -0.396 e. The number of allylic oxidation sites excluding steroid dienone is 1. The number of aromatic nitrogens is 3. The van der Waals surface area contributed by atoms with E-state index in [-0.39, 0.29) is 18.0 Å². The van der Waals surface area contributed by atoms with Crippen LogP contribution >= 0.6 is 0 Å². The van der Waals surface area contributed by atoms with Crippen molar-refractivity contribution in [3.05, 3.63) is 71.6 Å². The van der Waals surface area contributed by atoms with Crippen molar-refractivity contribution in [1.29, 1.82) is 5.41 Å². The lowest BCUT2D eigenvalue weighted by atomic mass is 9.98. The van der Waals surface area contributed by atoms with Gasteiger partial charge in [-0.25, -0.2) is 4.39 Å². The van der Waals surface area contributed by atoms with Crippen LogP contribution in [0.25, 0.3) is 22.4 Å². The van der Waals surface area contributed by atoms with Gasteiger partial charge < -0.3 is 20.9 Å². The minimum atomic E-state index is -0.467. The van der Waals surface area contributed by atoms with Crippen LogP contribution in [-0.4, -0.2) is 70.3 Å². The van der Waals surface area contributed by atoms with Gasteiger partial charge in [0.25, 0.3) is 0 Å². The lowest BCUT2D eigenvalue weighted by Gasteiger charge is -2.19. The van der Waals surface area contributed by atoms with E-state index < -0.39 is 5.82 Å². The fourth-order valence-corrected chi connectivity index (χ4v) is 3.40. The van der Waals surface area contributed by atoms with Gasteiger partial charge >= 0.3 is 0 Å². The second kappa shape index (κ2) is 11.2. The van der Waals surface area contributed by atoms with Gasteiger partial charge in [-0.1, -0.05) is 12.1 Å².